The van der Waals surface area contributed by atoms with Crippen LogP contribution in [-0.4, -0.2) is 56.3 Å². The molecule has 0 saturated carbocycles. The first-order chi connectivity index (χ1) is 13.3. The number of amides is 1. The van der Waals surface area contributed by atoms with Crippen LogP contribution in [0.4, 0.5) is 0 Å². The van der Waals surface area contributed by atoms with Gasteiger partial charge in [-0.05, 0) is 23.3 Å². The zero-order valence-electron chi connectivity index (χ0n) is 15.3. The number of rotatable bonds is 6. The maximum atomic E-state index is 12.7. The summed E-state index contributed by atoms with van der Waals surface area (Å²) in [5.41, 5.74) is 1.90. The zero-order chi connectivity index (χ0) is 20.1. The molecule has 28 heavy (non-hydrogen) atoms. The van der Waals surface area contributed by atoms with Gasteiger partial charge < -0.3 is 5.32 Å². The van der Waals surface area contributed by atoms with Crippen molar-refractivity contribution in [3.63, 3.8) is 0 Å². The normalized spacial score (nSPS) is 17.2. The molecule has 1 saturated heterocycles. The lowest BCUT2D eigenvalue weighted by atomic mass is 9.98. The van der Waals surface area contributed by atoms with Crippen LogP contribution in [0.1, 0.15) is 17.2 Å². The Morgan fingerprint density at radius 2 is 1.57 bits per heavy atom. The fraction of sp³-hybridized carbons (Fsp3) is 0.316. The van der Waals surface area contributed by atoms with Crippen molar-refractivity contribution in [2.75, 3.05) is 32.7 Å². The standard InChI is InChI=1S/C19H23ClN4O3S/c20-17-8-6-16(7-9-17)19(15-4-2-1-3-5-15)22-18(25)14-23-10-12-24(13-11-23)28(21,26)27/h1-9,19H,10-14H2,(H,22,25)(H2,21,26,27). The van der Waals surface area contributed by atoms with E-state index in [1.165, 1.54) is 4.31 Å². The summed E-state index contributed by atoms with van der Waals surface area (Å²) in [6, 6.07) is 16.8. The van der Waals surface area contributed by atoms with Crippen LogP contribution in [-0.2, 0) is 15.0 Å². The minimum Gasteiger partial charge on any atom is -0.344 e. The number of nitrogens with two attached hydrogens (primary N) is 1. The van der Waals surface area contributed by atoms with E-state index in [1.807, 2.05) is 47.4 Å². The van der Waals surface area contributed by atoms with Gasteiger partial charge in [0.25, 0.3) is 10.2 Å². The lowest BCUT2D eigenvalue weighted by Crippen LogP contribution is -2.52. The average molecular weight is 423 g/mol. The van der Waals surface area contributed by atoms with Gasteiger partial charge in [0.15, 0.2) is 0 Å². The molecule has 1 heterocycles. The maximum absolute atomic E-state index is 12.7. The van der Waals surface area contributed by atoms with Crippen LogP contribution in [0.15, 0.2) is 54.6 Å². The third-order valence-electron chi connectivity index (χ3n) is 4.70. The fourth-order valence-electron chi connectivity index (χ4n) is 3.21. The number of carbonyl (C=O) groups is 1. The quantitative estimate of drug-likeness (QED) is 0.734. The van der Waals surface area contributed by atoms with Crippen LogP contribution in [0.5, 0.6) is 0 Å². The predicted octanol–water partition coefficient (Wildman–Crippen LogP) is 1.37. The largest absolute Gasteiger partial charge is 0.344 e. The predicted molar refractivity (Wildman–Crippen MR) is 109 cm³/mol. The van der Waals surface area contributed by atoms with Gasteiger partial charge in [0.1, 0.15) is 0 Å². The van der Waals surface area contributed by atoms with E-state index in [2.05, 4.69) is 5.32 Å². The minimum atomic E-state index is -3.68. The molecule has 7 nitrogen and oxygen atoms in total. The van der Waals surface area contributed by atoms with Crippen LogP contribution in [0.2, 0.25) is 5.02 Å². The number of hydrogen-bond donors (Lipinski definition) is 2. The molecule has 150 valence electrons. The summed E-state index contributed by atoms with van der Waals surface area (Å²) in [5.74, 6) is -0.132. The van der Waals surface area contributed by atoms with Crippen molar-refractivity contribution in [2.45, 2.75) is 6.04 Å². The van der Waals surface area contributed by atoms with Crippen LogP contribution in [0, 0.1) is 0 Å². The molecular weight excluding hydrogens is 400 g/mol. The molecule has 1 fully saturated rings. The second-order valence-electron chi connectivity index (χ2n) is 6.68. The molecule has 0 aliphatic carbocycles. The van der Waals surface area contributed by atoms with Crippen molar-refractivity contribution < 1.29 is 13.2 Å². The number of nitrogens with one attached hydrogen (secondary N) is 1. The first-order valence-electron chi connectivity index (χ1n) is 8.93. The van der Waals surface area contributed by atoms with Crippen molar-refractivity contribution >= 4 is 27.7 Å². The molecule has 1 unspecified atom stereocenters. The van der Waals surface area contributed by atoms with E-state index in [9.17, 15) is 13.2 Å². The molecule has 3 rings (SSSR count). The molecular formula is C19H23ClN4O3S. The van der Waals surface area contributed by atoms with E-state index >= 15 is 0 Å². The molecule has 1 aliphatic heterocycles. The van der Waals surface area contributed by atoms with E-state index < -0.39 is 10.2 Å². The molecule has 2 aromatic carbocycles. The van der Waals surface area contributed by atoms with Crippen molar-refractivity contribution in [2.24, 2.45) is 5.14 Å². The van der Waals surface area contributed by atoms with Gasteiger partial charge in [-0.3, -0.25) is 9.69 Å². The molecule has 0 radical (unpaired) electrons. The Morgan fingerprint density at radius 1 is 1.00 bits per heavy atom. The Hall–Kier alpha value is -1.97. The summed E-state index contributed by atoms with van der Waals surface area (Å²) in [6.07, 6.45) is 0. The van der Waals surface area contributed by atoms with Gasteiger partial charge >= 0.3 is 0 Å². The first-order valence-corrected chi connectivity index (χ1v) is 10.8. The van der Waals surface area contributed by atoms with E-state index in [1.54, 1.807) is 12.1 Å². The molecule has 1 atom stereocenters. The number of halogens is 1. The van der Waals surface area contributed by atoms with Crippen LogP contribution in [0.3, 0.4) is 0 Å². The molecule has 3 N–H and O–H groups in total. The summed E-state index contributed by atoms with van der Waals surface area (Å²) >= 11 is 5.99. The summed E-state index contributed by atoms with van der Waals surface area (Å²) in [4.78, 5) is 14.6. The number of carbonyl (C=O) groups excluding carboxylic acids is 1. The number of nitrogens with zero attached hydrogens (tertiary/aromatic N) is 2. The third kappa shape index (κ3) is 5.52. The minimum absolute atomic E-state index is 0.132. The highest BCUT2D eigenvalue weighted by molar-refractivity contribution is 7.86. The Balaban J connectivity index is 1.66. The SMILES string of the molecule is NS(=O)(=O)N1CCN(CC(=O)NC(c2ccccc2)c2ccc(Cl)cc2)CC1. The summed E-state index contributed by atoms with van der Waals surface area (Å²) in [6.45, 7) is 1.67. The van der Waals surface area contributed by atoms with E-state index in [-0.39, 0.29) is 31.6 Å². The smallest absolute Gasteiger partial charge is 0.276 e. The highest BCUT2D eigenvalue weighted by Gasteiger charge is 2.25. The summed E-state index contributed by atoms with van der Waals surface area (Å²) < 4.78 is 24.0. The van der Waals surface area contributed by atoms with Gasteiger partial charge in [0, 0.05) is 31.2 Å². The molecule has 1 aliphatic rings. The molecule has 0 bridgehead atoms. The Labute approximate surface area is 170 Å². The highest BCUT2D eigenvalue weighted by atomic mass is 35.5. The summed E-state index contributed by atoms with van der Waals surface area (Å²) in [5, 5.41) is 8.86. The average Bonchev–Trinajstić information content (AvgIpc) is 2.67. The number of piperazine rings is 1. The van der Waals surface area contributed by atoms with Crippen molar-refractivity contribution in [1.82, 2.24) is 14.5 Å². The second kappa shape index (κ2) is 9.02. The van der Waals surface area contributed by atoms with Crippen LogP contribution < -0.4 is 10.5 Å². The molecule has 0 spiro atoms. The monoisotopic (exact) mass is 422 g/mol. The van der Waals surface area contributed by atoms with Gasteiger partial charge in [-0.1, -0.05) is 54.1 Å². The van der Waals surface area contributed by atoms with Gasteiger partial charge in [-0.25, -0.2) is 5.14 Å². The number of hydrogen-bond acceptors (Lipinski definition) is 4. The highest BCUT2D eigenvalue weighted by Crippen LogP contribution is 2.23. The van der Waals surface area contributed by atoms with Gasteiger partial charge in [-0.2, -0.15) is 12.7 Å². The van der Waals surface area contributed by atoms with Gasteiger partial charge in [-0.15, -0.1) is 0 Å². The molecule has 2 aromatic rings. The van der Waals surface area contributed by atoms with Crippen molar-refractivity contribution in [3.8, 4) is 0 Å². The second-order valence-corrected chi connectivity index (χ2v) is 8.67. The first kappa shape index (κ1) is 20.8. The number of benzene rings is 2. The van der Waals surface area contributed by atoms with E-state index in [0.717, 1.165) is 11.1 Å². The Bertz CT molecular complexity index is 899. The summed E-state index contributed by atoms with van der Waals surface area (Å²) in [7, 11) is -3.68. The Kier molecular flexibility index (Phi) is 6.69. The van der Waals surface area contributed by atoms with Crippen LogP contribution >= 0.6 is 11.6 Å². The topological polar surface area (TPSA) is 95.7 Å². The van der Waals surface area contributed by atoms with Crippen molar-refractivity contribution in [3.05, 3.63) is 70.7 Å². The molecule has 9 heteroatoms. The maximum Gasteiger partial charge on any atom is 0.276 e. The van der Waals surface area contributed by atoms with E-state index in [4.69, 9.17) is 16.7 Å². The van der Waals surface area contributed by atoms with Crippen molar-refractivity contribution in [1.29, 1.82) is 0 Å². The Morgan fingerprint density at radius 3 is 2.14 bits per heavy atom. The molecule has 1 amide bonds. The van der Waals surface area contributed by atoms with E-state index in [0.29, 0.717) is 18.1 Å². The third-order valence-corrected chi connectivity index (χ3v) is 6.04. The zero-order valence-corrected chi connectivity index (χ0v) is 16.9. The van der Waals surface area contributed by atoms with Crippen LogP contribution in [0.25, 0.3) is 0 Å². The lowest BCUT2D eigenvalue weighted by molar-refractivity contribution is -0.123. The van der Waals surface area contributed by atoms with Gasteiger partial charge in [0.2, 0.25) is 5.91 Å². The lowest BCUT2D eigenvalue weighted by Gasteiger charge is -2.32. The fourth-order valence-corrected chi connectivity index (χ4v) is 4.01. The molecule has 0 aromatic heterocycles. The van der Waals surface area contributed by atoms with Gasteiger partial charge in [0.05, 0.1) is 12.6 Å².